The number of hydrogen-bond donors (Lipinski definition) is 1. The molecular formula is C19H32N4O. The molecule has 0 bridgehead atoms. The topological polar surface area (TPSA) is 50.2 Å². The van der Waals surface area contributed by atoms with Crippen LogP contribution in [0.3, 0.4) is 0 Å². The Labute approximate surface area is 145 Å². The average Bonchev–Trinajstić information content (AvgIpc) is 2.79. The highest BCUT2D eigenvalue weighted by Gasteiger charge is 2.43. The molecule has 0 spiro atoms. The summed E-state index contributed by atoms with van der Waals surface area (Å²) in [6, 6.07) is 0.441. The molecule has 5 nitrogen and oxygen atoms in total. The van der Waals surface area contributed by atoms with Crippen LogP contribution in [0.4, 0.5) is 0 Å². The van der Waals surface area contributed by atoms with Gasteiger partial charge in [-0.1, -0.05) is 13.3 Å². The van der Waals surface area contributed by atoms with Gasteiger partial charge in [0.05, 0.1) is 11.2 Å². The van der Waals surface area contributed by atoms with Crippen LogP contribution in [0.5, 0.6) is 0 Å². The van der Waals surface area contributed by atoms with Gasteiger partial charge in [-0.25, -0.2) is 0 Å². The molecule has 2 aliphatic heterocycles. The molecule has 0 radical (unpaired) electrons. The lowest BCUT2D eigenvalue weighted by Crippen LogP contribution is -2.62. The molecule has 1 amide bonds. The van der Waals surface area contributed by atoms with Crippen molar-refractivity contribution in [2.24, 2.45) is 0 Å². The Balaban J connectivity index is 1.75. The lowest BCUT2D eigenvalue weighted by Gasteiger charge is -2.46. The fourth-order valence-electron chi connectivity index (χ4n) is 4.39. The maximum atomic E-state index is 11.9. The third kappa shape index (κ3) is 3.66. The monoisotopic (exact) mass is 332 g/mol. The Hall–Kier alpha value is -1.36. The molecule has 0 aliphatic carbocycles. The number of amides is 1. The largest absolute Gasteiger partial charge is 0.349 e. The van der Waals surface area contributed by atoms with Crippen molar-refractivity contribution in [3.05, 3.63) is 17.5 Å². The van der Waals surface area contributed by atoms with Crippen LogP contribution in [0.25, 0.3) is 0 Å². The van der Waals surface area contributed by atoms with Crippen molar-refractivity contribution in [3.8, 4) is 0 Å². The Morgan fingerprint density at radius 1 is 1.42 bits per heavy atom. The smallest absolute Gasteiger partial charge is 0.220 e. The van der Waals surface area contributed by atoms with Crippen molar-refractivity contribution < 1.29 is 4.79 Å². The molecule has 0 aromatic carbocycles. The number of likely N-dealkylation sites (tertiary alicyclic amines) is 1. The highest BCUT2D eigenvalue weighted by atomic mass is 16.1. The zero-order chi connectivity index (χ0) is 17.2. The fourth-order valence-corrected chi connectivity index (χ4v) is 4.39. The summed E-state index contributed by atoms with van der Waals surface area (Å²) in [7, 11) is 0. The van der Waals surface area contributed by atoms with E-state index in [2.05, 4.69) is 41.9 Å². The zero-order valence-electron chi connectivity index (χ0n) is 15.5. The number of piperidine rings is 1. The number of carbonyl (C=O) groups excluding carboxylic acids is 1. The summed E-state index contributed by atoms with van der Waals surface area (Å²) in [5.74, 6) is 0.221. The quantitative estimate of drug-likeness (QED) is 0.902. The van der Waals surface area contributed by atoms with Gasteiger partial charge in [-0.2, -0.15) is 5.10 Å². The summed E-state index contributed by atoms with van der Waals surface area (Å²) in [6.45, 7) is 9.66. The van der Waals surface area contributed by atoms with Gasteiger partial charge in [0.2, 0.25) is 5.91 Å². The summed E-state index contributed by atoms with van der Waals surface area (Å²) >= 11 is 0. The lowest BCUT2D eigenvalue weighted by atomic mass is 9.81. The van der Waals surface area contributed by atoms with Crippen LogP contribution < -0.4 is 5.32 Å². The molecule has 0 saturated carbocycles. The first-order chi connectivity index (χ1) is 11.5. The second-order valence-electron chi connectivity index (χ2n) is 7.80. The number of nitrogens with zero attached hydrogens (tertiary/aromatic N) is 3. The van der Waals surface area contributed by atoms with Gasteiger partial charge >= 0.3 is 0 Å². The number of unbranched alkanes of at least 4 members (excludes halogenated alkanes) is 1. The molecule has 134 valence electrons. The number of nitrogens with one attached hydrogen (secondary N) is 1. The maximum absolute atomic E-state index is 11.9. The lowest BCUT2D eigenvalue weighted by molar-refractivity contribution is -0.127. The molecule has 2 fully saturated rings. The number of fused-ring (bicyclic) bond motifs is 1. The van der Waals surface area contributed by atoms with E-state index in [4.69, 9.17) is 5.10 Å². The van der Waals surface area contributed by atoms with Crippen LogP contribution in [0.15, 0.2) is 6.20 Å². The predicted octanol–water partition coefficient (Wildman–Crippen LogP) is 3.01. The predicted molar refractivity (Wildman–Crippen MR) is 95.7 cm³/mol. The molecule has 0 unspecified atom stereocenters. The molecule has 1 aromatic heterocycles. The van der Waals surface area contributed by atoms with Gasteiger partial charge in [-0.15, -0.1) is 0 Å². The van der Waals surface area contributed by atoms with E-state index in [-0.39, 0.29) is 11.4 Å². The van der Waals surface area contributed by atoms with Crippen molar-refractivity contribution in [1.82, 2.24) is 20.0 Å². The Bertz CT molecular complexity index is 582. The summed E-state index contributed by atoms with van der Waals surface area (Å²) < 4.78 is 2.10. The number of hydrogen-bond acceptors (Lipinski definition) is 3. The fraction of sp³-hybridized carbons (Fsp3) is 0.789. The minimum Gasteiger partial charge on any atom is -0.349 e. The third-order valence-electron chi connectivity index (χ3n) is 5.80. The van der Waals surface area contributed by atoms with Crippen LogP contribution >= 0.6 is 0 Å². The molecule has 3 heterocycles. The first-order valence-corrected chi connectivity index (χ1v) is 9.60. The minimum atomic E-state index is -0.0715. The van der Waals surface area contributed by atoms with Crippen molar-refractivity contribution in [3.63, 3.8) is 0 Å². The first kappa shape index (κ1) is 17.5. The molecule has 24 heavy (non-hydrogen) atoms. The highest BCUT2D eigenvalue weighted by molar-refractivity contribution is 5.78. The highest BCUT2D eigenvalue weighted by Crippen LogP contribution is 2.33. The van der Waals surface area contributed by atoms with Gasteiger partial charge < -0.3 is 5.32 Å². The van der Waals surface area contributed by atoms with Crippen molar-refractivity contribution in [2.45, 2.75) is 90.4 Å². The summed E-state index contributed by atoms with van der Waals surface area (Å²) in [4.78, 5) is 14.5. The zero-order valence-corrected chi connectivity index (χ0v) is 15.5. The SMILES string of the molecule is CCCCn1cc(CN2CCCC[C@]3(C)NC(=O)CC[C@H]23)c(C)n1. The third-order valence-corrected chi connectivity index (χ3v) is 5.80. The van der Waals surface area contributed by atoms with E-state index < -0.39 is 0 Å². The summed E-state index contributed by atoms with van der Waals surface area (Å²) in [5, 5.41) is 7.99. The normalized spacial score (nSPS) is 28.3. The van der Waals surface area contributed by atoms with Crippen LogP contribution in [0.2, 0.25) is 0 Å². The van der Waals surface area contributed by atoms with E-state index in [1.807, 2.05) is 0 Å². The van der Waals surface area contributed by atoms with Crippen molar-refractivity contribution in [2.75, 3.05) is 6.54 Å². The first-order valence-electron chi connectivity index (χ1n) is 9.60. The van der Waals surface area contributed by atoms with Crippen LogP contribution in [-0.2, 0) is 17.9 Å². The van der Waals surface area contributed by atoms with E-state index in [9.17, 15) is 4.79 Å². The number of aromatic nitrogens is 2. The van der Waals surface area contributed by atoms with Gasteiger partial charge in [-0.05, 0) is 52.5 Å². The molecule has 3 rings (SSSR count). The Kier molecular flexibility index (Phi) is 5.28. The molecule has 1 aromatic rings. The molecule has 5 heteroatoms. The van der Waals surface area contributed by atoms with Crippen LogP contribution in [0, 0.1) is 6.92 Å². The average molecular weight is 332 g/mol. The van der Waals surface area contributed by atoms with E-state index in [0.29, 0.717) is 12.5 Å². The molecule has 1 N–H and O–H groups in total. The maximum Gasteiger partial charge on any atom is 0.220 e. The summed E-state index contributed by atoms with van der Waals surface area (Å²) in [6.07, 6.45) is 9.74. The minimum absolute atomic E-state index is 0.0715. The van der Waals surface area contributed by atoms with E-state index in [1.54, 1.807) is 0 Å². The van der Waals surface area contributed by atoms with Crippen LogP contribution in [0.1, 0.15) is 70.1 Å². The standard InChI is InChI=1S/C19H32N4O/c1-4-5-12-23-14-16(15(2)21-23)13-22-11-7-6-10-19(3)17(22)8-9-18(24)20-19/h14,17H,4-13H2,1-3H3,(H,20,24)/t17-,19-/m0/s1. The van der Waals surface area contributed by atoms with E-state index in [0.717, 1.165) is 38.2 Å². The van der Waals surface area contributed by atoms with E-state index in [1.165, 1.54) is 31.2 Å². The van der Waals surface area contributed by atoms with Gasteiger partial charge in [-0.3, -0.25) is 14.4 Å². The second kappa shape index (κ2) is 7.26. The molecule has 2 saturated heterocycles. The molecule has 2 aliphatic rings. The Morgan fingerprint density at radius 3 is 3.04 bits per heavy atom. The second-order valence-corrected chi connectivity index (χ2v) is 7.80. The van der Waals surface area contributed by atoms with Crippen molar-refractivity contribution >= 4 is 5.91 Å². The molecular weight excluding hydrogens is 300 g/mol. The van der Waals surface area contributed by atoms with Gasteiger partial charge in [0, 0.05) is 37.3 Å². The Morgan fingerprint density at radius 2 is 2.25 bits per heavy atom. The number of aryl methyl sites for hydroxylation is 2. The summed E-state index contributed by atoms with van der Waals surface area (Å²) in [5.41, 5.74) is 2.42. The van der Waals surface area contributed by atoms with Gasteiger partial charge in [0.15, 0.2) is 0 Å². The molecule has 2 atom stereocenters. The number of rotatable bonds is 5. The van der Waals surface area contributed by atoms with Crippen LogP contribution in [-0.4, -0.2) is 38.7 Å². The van der Waals surface area contributed by atoms with Gasteiger partial charge in [0.25, 0.3) is 0 Å². The van der Waals surface area contributed by atoms with E-state index >= 15 is 0 Å². The van der Waals surface area contributed by atoms with Crippen molar-refractivity contribution in [1.29, 1.82) is 0 Å². The number of carbonyl (C=O) groups is 1. The van der Waals surface area contributed by atoms with Gasteiger partial charge in [0.1, 0.15) is 0 Å².